The fourth-order valence-corrected chi connectivity index (χ4v) is 1.47. The van der Waals surface area contributed by atoms with Crippen LogP contribution in [0.15, 0.2) is 6.07 Å². The second-order valence-corrected chi connectivity index (χ2v) is 3.71. The maximum absolute atomic E-state index is 11.7. The van der Waals surface area contributed by atoms with Gasteiger partial charge in [0.15, 0.2) is 0 Å². The molecule has 16 heavy (non-hydrogen) atoms. The number of carbonyl (C=O) groups excluding carboxylic acids is 1. The normalized spacial score (nSPS) is 9.81. The molecule has 1 N–H and O–H groups in total. The summed E-state index contributed by atoms with van der Waals surface area (Å²) >= 11 is 0. The van der Waals surface area contributed by atoms with E-state index in [-0.39, 0.29) is 5.91 Å². The lowest BCUT2D eigenvalue weighted by Gasteiger charge is -2.04. The number of amides is 1. The highest BCUT2D eigenvalue weighted by Gasteiger charge is 2.10. The number of nitrogens with zero attached hydrogens (tertiary/aromatic N) is 2. The number of aromatic nitrogens is 2. The van der Waals surface area contributed by atoms with Gasteiger partial charge in [-0.1, -0.05) is 0 Å². The Morgan fingerprint density at radius 2 is 2.38 bits per heavy atom. The number of terminal acetylenes is 1. The SMILES string of the molecule is C#CCCCCNC(=O)c1cc(C)nn1C. The van der Waals surface area contributed by atoms with Crippen LogP contribution in [0.2, 0.25) is 0 Å². The first-order chi connectivity index (χ1) is 7.65. The minimum atomic E-state index is -0.0798. The summed E-state index contributed by atoms with van der Waals surface area (Å²) in [5.74, 6) is 2.49. The molecule has 0 fully saturated rings. The zero-order chi connectivity index (χ0) is 12.0. The highest BCUT2D eigenvalue weighted by molar-refractivity contribution is 5.92. The van der Waals surface area contributed by atoms with Crippen LogP contribution in [0.3, 0.4) is 0 Å². The molecule has 1 amide bonds. The molecule has 0 atom stereocenters. The fraction of sp³-hybridized carbons (Fsp3) is 0.500. The predicted octanol–water partition coefficient (Wildman–Crippen LogP) is 1.26. The number of nitrogens with one attached hydrogen (secondary N) is 1. The quantitative estimate of drug-likeness (QED) is 0.598. The van der Waals surface area contributed by atoms with E-state index in [1.54, 1.807) is 17.8 Å². The van der Waals surface area contributed by atoms with Crippen LogP contribution in [0.4, 0.5) is 0 Å². The van der Waals surface area contributed by atoms with Crippen LogP contribution in [0, 0.1) is 19.3 Å². The van der Waals surface area contributed by atoms with Gasteiger partial charge in [0, 0.05) is 20.0 Å². The van der Waals surface area contributed by atoms with Crippen molar-refractivity contribution >= 4 is 5.91 Å². The molecule has 0 saturated heterocycles. The number of unbranched alkanes of at least 4 members (excludes halogenated alkanes) is 2. The first kappa shape index (κ1) is 12.3. The highest BCUT2D eigenvalue weighted by atomic mass is 16.2. The summed E-state index contributed by atoms with van der Waals surface area (Å²) in [6, 6.07) is 1.77. The van der Waals surface area contributed by atoms with E-state index in [9.17, 15) is 4.79 Å². The highest BCUT2D eigenvalue weighted by Crippen LogP contribution is 2.01. The summed E-state index contributed by atoms with van der Waals surface area (Å²) in [7, 11) is 1.76. The summed E-state index contributed by atoms with van der Waals surface area (Å²) in [4.78, 5) is 11.7. The number of hydrogen-bond donors (Lipinski definition) is 1. The summed E-state index contributed by atoms with van der Waals surface area (Å²) in [6.07, 6.45) is 7.75. The molecule has 1 rings (SSSR count). The van der Waals surface area contributed by atoms with Crippen molar-refractivity contribution in [3.8, 4) is 12.3 Å². The molecule has 0 aromatic carbocycles. The van der Waals surface area contributed by atoms with Crippen molar-refractivity contribution in [3.63, 3.8) is 0 Å². The van der Waals surface area contributed by atoms with Gasteiger partial charge in [-0.25, -0.2) is 0 Å². The number of hydrogen-bond acceptors (Lipinski definition) is 2. The van der Waals surface area contributed by atoms with Crippen LogP contribution in [-0.2, 0) is 7.05 Å². The Bertz CT molecular complexity index is 401. The zero-order valence-corrected chi connectivity index (χ0v) is 9.79. The Labute approximate surface area is 96.0 Å². The summed E-state index contributed by atoms with van der Waals surface area (Å²) < 4.78 is 1.59. The van der Waals surface area contributed by atoms with Gasteiger partial charge in [0.1, 0.15) is 5.69 Å². The minimum absolute atomic E-state index is 0.0798. The molecule has 0 aliphatic carbocycles. The lowest BCUT2D eigenvalue weighted by Crippen LogP contribution is -2.26. The Morgan fingerprint density at radius 3 is 2.94 bits per heavy atom. The smallest absolute Gasteiger partial charge is 0.269 e. The second-order valence-electron chi connectivity index (χ2n) is 3.71. The number of aryl methyl sites for hydroxylation is 2. The van der Waals surface area contributed by atoms with Crippen molar-refractivity contribution in [2.45, 2.75) is 26.2 Å². The van der Waals surface area contributed by atoms with Crippen molar-refractivity contribution in [3.05, 3.63) is 17.5 Å². The van der Waals surface area contributed by atoms with Crippen molar-refractivity contribution in [2.75, 3.05) is 6.54 Å². The maximum Gasteiger partial charge on any atom is 0.269 e. The third-order valence-electron chi connectivity index (χ3n) is 2.27. The van der Waals surface area contributed by atoms with Crippen LogP contribution in [0.1, 0.15) is 35.4 Å². The Kier molecular flexibility index (Phi) is 4.59. The van der Waals surface area contributed by atoms with Gasteiger partial charge in [-0.2, -0.15) is 5.10 Å². The molecule has 4 nitrogen and oxygen atoms in total. The first-order valence-electron chi connectivity index (χ1n) is 5.37. The number of carbonyl (C=O) groups is 1. The van der Waals surface area contributed by atoms with E-state index in [1.807, 2.05) is 6.92 Å². The molecule has 0 bridgehead atoms. The van der Waals surface area contributed by atoms with Crippen LogP contribution in [0.25, 0.3) is 0 Å². The predicted molar refractivity (Wildman–Crippen MR) is 63.0 cm³/mol. The molecule has 4 heteroatoms. The lowest BCUT2D eigenvalue weighted by atomic mass is 10.2. The molecular weight excluding hydrogens is 202 g/mol. The van der Waals surface area contributed by atoms with Gasteiger partial charge in [0.25, 0.3) is 5.91 Å². The van der Waals surface area contributed by atoms with Gasteiger partial charge in [0.2, 0.25) is 0 Å². The van der Waals surface area contributed by atoms with Crippen LogP contribution >= 0.6 is 0 Å². The van der Waals surface area contributed by atoms with Crippen LogP contribution < -0.4 is 5.32 Å². The standard InChI is InChI=1S/C12H17N3O/c1-4-5-6-7-8-13-12(16)11-9-10(2)14-15(11)3/h1,9H,5-8H2,2-3H3,(H,13,16). The summed E-state index contributed by atoms with van der Waals surface area (Å²) in [6.45, 7) is 2.52. The van der Waals surface area contributed by atoms with E-state index in [1.165, 1.54) is 0 Å². The topological polar surface area (TPSA) is 46.9 Å². The number of rotatable bonds is 5. The maximum atomic E-state index is 11.7. The lowest BCUT2D eigenvalue weighted by molar-refractivity contribution is 0.0943. The monoisotopic (exact) mass is 219 g/mol. The minimum Gasteiger partial charge on any atom is -0.351 e. The van der Waals surface area contributed by atoms with Crippen molar-refractivity contribution in [1.29, 1.82) is 0 Å². The molecule has 0 saturated carbocycles. The van der Waals surface area contributed by atoms with Crippen molar-refractivity contribution in [1.82, 2.24) is 15.1 Å². The fourth-order valence-electron chi connectivity index (χ4n) is 1.47. The molecule has 1 heterocycles. The van der Waals surface area contributed by atoms with Crippen LogP contribution in [-0.4, -0.2) is 22.2 Å². The molecule has 0 aliphatic rings. The molecule has 0 aliphatic heterocycles. The molecular formula is C12H17N3O. The third-order valence-corrected chi connectivity index (χ3v) is 2.27. The van der Waals surface area contributed by atoms with E-state index in [0.717, 1.165) is 25.0 Å². The van der Waals surface area contributed by atoms with Gasteiger partial charge in [-0.15, -0.1) is 12.3 Å². The van der Waals surface area contributed by atoms with Gasteiger partial charge in [0.05, 0.1) is 5.69 Å². The van der Waals surface area contributed by atoms with Crippen molar-refractivity contribution < 1.29 is 4.79 Å². The van der Waals surface area contributed by atoms with E-state index < -0.39 is 0 Å². The summed E-state index contributed by atoms with van der Waals surface area (Å²) in [5, 5.41) is 6.96. The Morgan fingerprint density at radius 1 is 1.62 bits per heavy atom. The van der Waals surface area contributed by atoms with E-state index in [4.69, 9.17) is 6.42 Å². The van der Waals surface area contributed by atoms with E-state index in [0.29, 0.717) is 12.2 Å². The van der Waals surface area contributed by atoms with Crippen molar-refractivity contribution in [2.24, 2.45) is 7.05 Å². The van der Waals surface area contributed by atoms with Crippen LogP contribution in [0.5, 0.6) is 0 Å². The molecule has 0 unspecified atom stereocenters. The largest absolute Gasteiger partial charge is 0.351 e. The molecule has 0 spiro atoms. The molecule has 0 radical (unpaired) electrons. The zero-order valence-electron chi connectivity index (χ0n) is 9.79. The molecule has 1 aromatic rings. The second kappa shape index (κ2) is 5.96. The Hall–Kier alpha value is -1.76. The third kappa shape index (κ3) is 3.43. The molecule has 86 valence electrons. The van der Waals surface area contributed by atoms with Gasteiger partial charge in [-0.3, -0.25) is 9.48 Å². The molecule has 1 aromatic heterocycles. The average molecular weight is 219 g/mol. The first-order valence-corrected chi connectivity index (χ1v) is 5.37. The van der Waals surface area contributed by atoms with Gasteiger partial charge in [-0.05, 0) is 25.8 Å². The van der Waals surface area contributed by atoms with E-state index in [2.05, 4.69) is 16.3 Å². The van der Waals surface area contributed by atoms with Gasteiger partial charge >= 0.3 is 0 Å². The van der Waals surface area contributed by atoms with E-state index >= 15 is 0 Å². The van der Waals surface area contributed by atoms with Gasteiger partial charge < -0.3 is 5.32 Å². The Balaban J connectivity index is 2.36. The average Bonchev–Trinajstić information content (AvgIpc) is 2.57. The summed E-state index contributed by atoms with van der Waals surface area (Å²) in [5.41, 5.74) is 1.44.